The van der Waals surface area contributed by atoms with Gasteiger partial charge in [0.15, 0.2) is 5.78 Å². The number of hydrogen-bond acceptors (Lipinski definition) is 1. The summed E-state index contributed by atoms with van der Waals surface area (Å²) in [5, 5.41) is 2.26. The van der Waals surface area contributed by atoms with Gasteiger partial charge in [-0.1, -0.05) is 50.2 Å². The first-order valence-electron chi connectivity index (χ1n) is 6.53. The Kier molecular flexibility index (Phi) is 2.34. The number of Topliss-reactive ketones (excluding diaryl/α,β-unsaturated/α-hetero) is 1. The molecule has 18 heavy (non-hydrogen) atoms. The Morgan fingerprint density at radius 3 is 2.50 bits per heavy atom. The standard InChI is InChI=1S/C17H18O/c1-11-8-9-12-6-4-5-7-13(12)15(11)16(18)14-10-17(14,2)3/h4-9,14H,10H2,1-3H3. The first-order valence-corrected chi connectivity index (χ1v) is 6.53. The van der Waals surface area contributed by atoms with E-state index >= 15 is 0 Å². The van der Waals surface area contributed by atoms with Crippen LogP contribution in [0.4, 0.5) is 0 Å². The summed E-state index contributed by atoms with van der Waals surface area (Å²) in [6, 6.07) is 12.3. The molecule has 1 nitrogen and oxygen atoms in total. The number of carbonyl (C=O) groups is 1. The summed E-state index contributed by atoms with van der Waals surface area (Å²) in [6.45, 7) is 6.39. The van der Waals surface area contributed by atoms with Gasteiger partial charge in [0, 0.05) is 11.5 Å². The molecule has 1 fully saturated rings. The van der Waals surface area contributed by atoms with Gasteiger partial charge in [-0.2, -0.15) is 0 Å². The van der Waals surface area contributed by atoms with Crippen LogP contribution in [0.3, 0.4) is 0 Å². The lowest BCUT2D eigenvalue weighted by Crippen LogP contribution is -2.09. The normalized spacial score (nSPS) is 20.9. The Hall–Kier alpha value is -1.63. The Morgan fingerprint density at radius 2 is 1.83 bits per heavy atom. The fourth-order valence-electron chi connectivity index (χ4n) is 2.80. The molecule has 1 aliphatic rings. The van der Waals surface area contributed by atoms with Crippen LogP contribution in [0.2, 0.25) is 0 Å². The van der Waals surface area contributed by atoms with E-state index < -0.39 is 0 Å². The van der Waals surface area contributed by atoms with E-state index in [1.165, 1.54) is 0 Å². The van der Waals surface area contributed by atoms with E-state index in [0.717, 1.165) is 28.3 Å². The average Bonchev–Trinajstić information content (AvgIpc) is 2.98. The summed E-state index contributed by atoms with van der Waals surface area (Å²) < 4.78 is 0. The highest BCUT2D eigenvalue weighted by Gasteiger charge is 2.50. The topological polar surface area (TPSA) is 17.1 Å². The molecule has 0 heterocycles. The molecule has 2 aromatic rings. The summed E-state index contributed by atoms with van der Waals surface area (Å²) >= 11 is 0. The lowest BCUT2D eigenvalue weighted by atomic mass is 9.92. The summed E-state index contributed by atoms with van der Waals surface area (Å²) in [7, 11) is 0. The molecule has 0 bridgehead atoms. The van der Waals surface area contributed by atoms with Crippen molar-refractivity contribution < 1.29 is 4.79 Å². The van der Waals surface area contributed by atoms with Crippen LogP contribution < -0.4 is 0 Å². The predicted octanol–water partition coefficient (Wildman–Crippen LogP) is 4.38. The van der Waals surface area contributed by atoms with Crippen LogP contribution in [0.25, 0.3) is 10.8 Å². The molecule has 1 unspecified atom stereocenters. The van der Waals surface area contributed by atoms with E-state index in [4.69, 9.17) is 0 Å². The van der Waals surface area contributed by atoms with E-state index in [9.17, 15) is 4.79 Å². The van der Waals surface area contributed by atoms with Crippen LogP contribution in [0, 0.1) is 18.3 Å². The summed E-state index contributed by atoms with van der Waals surface area (Å²) in [4.78, 5) is 12.7. The Morgan fingerprint density at radius 1 is 1.17 bits per heavy atom. The van der Waals surface area contributed by atoms with Gasteiger partial charge in [-0.25, -0.2) is 0 Å². The fraction of sp³-hybridized carbons (Fsp3) is 0.353. The van der Waals surface area contributed by atoms with Crippen molar-refractivity contribution in [3.05, 3.63) is 47.5 Å². The van der Waals surface area contributed by atoms with Gasteiger partial charge in [0.1, 0.15) is 0 Å². The van der Waals surface area contributed by atoms with E-state index in [1.807, 2.05) is 19.1 Å². The zero-order valence-corrected chi connectivity index (χ0v) is 11.2. The third-order valence-electron chi connectivity index (χ3n) is 4.21. The first kappa shape index (κ1) is 11.5. The lowest BCUT2D eigenvalue weighted by molar-refractivity contribution is 0.0954. The third-order valence-corrected chi connectivity index (χ3v) is 4.21. The highest BCUT2D eigenvalue weighted by Crippen LogP contribution is 2.53. The highest BCUT2D eigenvalue weighted by molar-refractivity contribution is 6.11. The maximum absolute atomic E-state index is 12.7. The van der Waals surface area contributed by atoms with Gasteiger partial charge in [-0.15, -0.1) is 0 Å². The molecule has 1 saturated carbocycles. The number of ketones is 1. The van der Waals surface area contributed by atoms with Crippen LogP contribution >= 0.6 is 0 Å². The molecule has 0 aromatic heterocycles. The van der Waals surface area contributed by atoms with Gasteiger partial charge < -0.3 is 0 Å². The molecule has 1 atom stereocenters. The number of benzene rings is 2. The number of carbonyl (C=O) groups excluding carboxylic acids is 1. The summed E-state index contributed by atoms with van der Waals surface area (Å²) in [5.74, 6) is 0.538. The SMILES string of the molecule is Cc1ccc2ccccc2c1C(=O)C1CC1(C)C. The molecular weight excluding hydrogens is 220 g/mol. The Labute approximate surface area is 108 Å². The average molecular weight is 238 g/mol. The molecule has 0 amide bonds. The van der Waals surface area contributed by atoms with Crippen molar-refractivity contribution in [2.24, 2.45) is 11.3 Å². The zero-order valence-electron chi connectivity index (χ0n) is 11.2. The van der Waals surface area contributed by atoms with Crippen LogP contribution in [0.15, 0.2) is 36.4 Å². The first-order chi connectivity index (χ1) is 8.50. The van der Waals surface area contributed by atoms with Crippen LogP contribution in [-0.4, -0.2) is 5.78 Å². The smallest absolute Gasteiger partial charge is 0.167 e. The van der Waals surface area contributed by atoms with Crippen molar-refractivity contribution in [3.63, 3.8) is 0 Å². The van der Waals surface area contributed by atoms with Gasteiger partial charge in [-0.05, 0) is 35.1 Å². The Bertz CT molecular complexity index is 637. The number of aryl methyl sites for hydroxylation is 1. The third kappa shape index (κ3) is 1.66. The maximum atomic E-state index is 12.7. The molecule has 0 radical (unpaired) electrons. The van der Waals surface area contributed by atoms with Crippen molar-refractivity contribution in [2.75, 3.05) is 0 Å². The van der Waals surface area contributed by atoms with Crippen molar-refractivity contribution in [3.8, 4) is 0 Å². The molecule has 1 heteroatoms. The van der Waals surface area contributed by atoms with Crippen LogP contribution in [0.5, 0.6) is 0 Å². The van der Waals surface area contributed by atoms with Gasteiger partial charge in [-0.3, -0.25) is 4.79 Å². The number of fused-ring (bicyclic) bond motifs is 1. The molecule has 0 N–H and O–H groups in total. The van der Waals surface area contributed by atoms with E-state index in [1.54, 1.807) is 0 Å². The number of hydrogen-bond donors (Lipinski definition) is 0. The van der Waals surface area contributed by atoms with E-state index in [-0.39, 0.29) is 11.3 Å². The molecule has 3 rings (SSSR count). The van der Waals surface area contributed by atoms with E-state index in [0.29, 0.717) is 5.78 Å². The van der Waals surface area contributed by atoms with Gasteiger partial charge in [0.25, 0.3) is 0 Å². The minimum Gasteiger partial charge on any atom is -0.294 e. The molecule has 0 aliphatic heterocycles. The van der Waals surface area contributed by atoms with Crippen LogP contribution in [-0.2, 0) is 0 Å². The second-order valence-electron chi connectivity index (χ2n) is 6.09. The van der Waals surface area contributed by atoms with Gasteiger partial charge in [0.2, 0.25) is 0 Å². The second-order valence-corrected chi connectivity index (χ2v) is 6.09. The highest BCUT2D eigenvalue weighted by atomic mass is 16.1. The second kappa shape index (κ2) is 3.68. The summed E-state index contributed by atoms with van der Waals surface area (Å²) in [6.07, 6.45) is 1.02. The predicted molar refractivity (Wildman–Crippen MR) is 74.9 cm³/mol. The lowest BCUT2D eigenvalue weighted by Gasteiger charge is -2.10. The Balaban J connectivity index is 2.16. The molecule has 0 spiro atoms. The van der Waals surface area contributed by atoms with Crippen molar-refractivity contribution in [1.82, 2.24) is 0 Å². The molecule has 0 saturated heterocycles. The van der Waals surface area contributed by atoms with Crippen molar-refractivity contribution in [1.29, 1.82) is 0 Å². The molecule has 1 aliphatic carbocycles. The van der Waals surface area contributed by atoms with Crippen molar-refractivity contribution >= 4 is 16.6 Å². The molecule has 92 valence electrons. The summed E-state index contributed by atoms with van der Waals surface area (Å²) in [5.41, 5.74) is 2.23. The molecule has 2 aromatic carbocycles. The number of rotatable bonds is 2. The quantitative estimate of drug-likeness (QED) is 0.710. The minimum atomic E-state index is 0.195. The minimum absolute atomic E-state index is 0.195. The monoisotopic (exact) mass is 238 g/mol. The van der Waals surface area contributed by atoms with Crippen LogP contribution in [0.1, 0.15) is 36.2 Å². The molecular formula is C17H18O. The van der Waals surface area contributed by atoms with Crippen molar-refractivity contribution in [2.45, 2.75) is 27.2 Å². The largest absolute Gasteiger partial charge is 0.294 e. The van der Waals surface area contributed by atoms with Gasteiger partial charge >= 0.3 is 0 Å². The fourth-order valence-corrected chi connectivity index (χ4v) is 2.80. The van der Waals surface area contributed by atoms with E-state index in [2.05, 4.69) is 38.1 Å². The zero-order chi connectivity index (χ0) is 12.9. The van der Waals surface area contributed by atoms with Gasteiger partial charge in [0.05, 0.1) is 0 Å². The maximum Gasteiger partial charge on any atom is 0.167 e.